The van der Waals surface area contributed by atoms with E-state index in [4.69, 9.17) is 0 Å². The number of rotatable bonds is 3. The second-order valence-corrected chi connectivity index (χ2v) is 7.95. The summed E-state index contributed by atoms with van der Waals surface area (Å²) in [4.78, 5) is 15.2. The lowest BCUT2D eigenvalue weighted by molar-refractivity contribution is 0.106. The van der Waals surface area contributed by atoms with Gasteiger partial charge in [-0.15, -0.1) is 0 Å². The maximum Gasteiger partial charge on any atom is 0.276 e. The largest absolute Gasteiger partial charge is 0.287 e. The molecular weight excluding hydrogens is 360 g/mol. The number of nitrogens with zero attached hydrogens (tertiary/aromatic N) is 1. The second-order valence-electron chi connectivity index (χ2n) is 6.29. The summed E-state index contributed by atoms with van der Waals surface area (Å²) in [6.07, 6.45) is 0. The summed E-state index contributed by atoms with van der Waals surface area (Å²) in [6, 6.07) is 21.0. The Hall–Kier alpha value is -3.25. The summed E-state index contributed by atoms with van der Waals surface area (Å²) in [7, 11) is -3.87. The average molecular weight is 376 g/mol. The minimum atomic E-state index is -3.87. The van der Waals surface area contributed by atoms with Crippen LogP contribution in [0.4, 0.5) is 0 Å². The third-order valence-electron chi connectivity index (χ3n) is 4.47. The molecule has 1 aliphatic rings. The Morgan fingerprint density at radius 1 is 0.741 bits per heavy atom. The van der Waals surface area contributed by atoms with Gasteiger partial charge in [0.15, 0.2) is 0 Å². The van der Waals surface area contributed by atoms with Crippen LogP contribution in [-0.2, 0) is 10.0 Å². The zero-order chi connectivity index (χ0) is 19.0. The van der Waals surface area contributed by atoms with E-state index < -0.39 is 10.0 Å². The van der Waals surface area contributed by atoms with E-state index in [2.05, 4.69) is 9.93 Å². The molecule has 1 N–H and O–H groups in total. The van der Waals surface area contributed by atoms with Crippen LogP contribution in [0.15, 0.2) is 82.8 Å². The first kappa shape index (κ1) is 17.2. The van der Waals surface area contributed by atoms with Crippen molar-refractivity contribution in [2.24, 2.45) is 5.10 Å². The van der Waals surface area contributed by atoms with Crippen LogP contribution < -0.4 is 4.83 Å². The van der Waals surface area contributed by atoms with Gasteiger partial charge in [0.05, 0.1) is 4.90 Å². The lowest BCUT2D eigenvalue weighted by atomic mass is 9.83. The number of fused-ring (bicyclic) bond motifs is 3. The van der Waals surface area contributed by atoms with Crippen molar-refractivity contribution in [3.8, 4) is 11.1 Å². The number of benzene rings is 3. The molecule has 134 valence electrons. The van der Waals surface area contributed by atoms with Crippen molar-refractivity contribution in [1.82, 2.24) is 4.83 Å². The smallest absolute Gasteiger partial charge is 0.276 e. The highest BCUT2D eigenvalue weighted by molar-refractivity contribution is 7.89. The van der Waals surface area contributed by atoms with Crippen LogP contribution in [0, 0.1) is 6.92 Å². The Kier molecular flexibility index (Phi) is 4.12. The maximum atomic E-state index is 12.9. The van der Waals surface area contributed by atoms with Crippen molar-refractivity contribution in [3.63, 3.8) is 0 Å². The van der Waals surface area contributed by atoms with Crippen molar-refractivity contribution in [2.45, 2.75) is 11.8 Å². The summed E-state index contributed by atoms with van der Waals surface area (Å²) in [5.41, 5.74) is 3.81. The molecule has 0 saturated carbocycles. The van der Waals surface area contributed by atoms with E-state index in [1.165, 1.54) is 12.1 Å². The highest BCUT2D eigenvalue weighted by atomic mass is 32.2. The van der Waals surface area contributed by atoms with E-state index >= 15 is 0 Å². The van der Waals surface area contributed by atoms with E-state index in [0.29, 0.717) is 11.1 Å². The topological polar surface area (TPSA) is 75.6 Å². The molecule has 0 amide bonds. The van der Waals surface area contributed by atoms with Gasteiger partial charge in [0.1, 0.15) is 5.71 Å². The number of carbonyl (C=O) groups excluding carboxylic acids is 1. The molecule has 0 saturated heterocycles. The van der Waals surface area contributed by atoms with Crippen LogP contribution in [0.2, 0.25) is 0 Å². The molecule has 27 heavy (non-hydrogen) atoms. The molecule has 0 spiro atoms. The van der Waals surface area contributed by atoms with Gasteiger partial charge in [0, 0.05) is 11.1 Å². The fraction of sp³-hybridized carbons (Fsp3) is 0.0476. The monoisotopic (exact) mass is 376 g/mol. The molecule has 3 aromatic carbocycles. The summed E-state index contributed by atoms with van der Waals surface area (Å²) < 4.78 is 25.0. The predicted octanol–water partition coefficient (Wildman–Crippen LogP) is 3.54. The van der Waals surface area contributed by atoms with Crippen molar-refractivity contribution in [2.75, 3.05) is 0 Å². The normalized spacial score (nSPS) is 14.6. The number of hydrazone groups is 1. The predicted molar refractivity (Wildman–Crippen MR) is 104 cm³/mol. The SMILES string of the molecule is Cc1ccc(S(=O)(=O)NN=C2C(=O)c3ccccc3-c3ccccc32)cc1. The molecule has 0 radical (unpaired) electrons. The van der Waals surface area contributed by atoms with E-state index in [0.717, 1.165) is 16.7 Å². The van der Waals surface area contributed by atoms with Crippen LogP contribution in [0.1, 0.15) is 21.5 Å². The summed E-state index contributed by atoms with van der Waals surface area (Å²) in [5, 5.41) is 4.00. The van der Waals surface area contributed by atoms with Gasteiger partial charge in [0.25, 0.3) is 10.0 Å². The van der Waals surface area contributed by atoms with Crippen LogP contribution >= 0.6 is 0 Å². The van der Waals surface area contributed by atoms with Gasteiger partial charge in [-0.3, -0.25) is 4.79 Å². The van der Waals surface area contributed by atoms with E-state index in [1.807, 2.05) is 31.2 Å². The Morgan fingerprint density at radius 2 is 1.26 bits per heavy atom. The van der Waals surface area contributed by atoms with E-state index in [1.54, 1.807) is 36.4 Å². The summed E-state index contributed by atoms with van der Waals surface area (Å²) >= 11 is 0. The Labute approximate surface area is 157 Å². The van der Waals surface area contributed by atoms with E-state index in [9.17, 15) is 13.2 Å². The van der Waals surface area contributed by atoms with Crippen LogP contribution in [0.3, 0.4) is 0 Å². The Balaban J connectivity index is 1.78. The summed E-state index contributed by atoms with van der Waals surface area (Å²) in [6.45, 7) is 1.87. The third kappa shape index (κ3) is 3.04. The zero-order valence-electron chi connectivity index (χ0n) is 14.5. The lowest BCUT2D eigenvalue weighted by Gasteiger charge is -2.20. The standard InChI is InChI=1S/C21H16N2O3S/c1-14-10-12-15(13-11-14)27(25,26)23-22-20-18-8-4-2-6-16(18)17-7-3-5-9-19(17)21(20)24/h2-13,23H,1H3. The molecule has 0 aromatic heterocycles. The van der Waals surface area contributed by atoms with Gasteiger partial charge in [-0.25, -0.2) is 0 Å². The van der Waals surface area contributed by atoms with Crippen LogP contribution in [0.5, 0.6) is 0 Å². The molecule has 0 unspecified atom stereocenters. The van der Waals surface area contributed by atoms with Gasteiger partial charge < -0.3 is 0 Å². The second kappa shape index (κ2) is 6.48. The minimum Gasteiger partial charge on any atom is -0.287 e. The lowest BCUT2D eigenvalue weighted by Crippen LogP contribution is -2.27. The van der Waals surface area contributed by atoms with Crippen LogP contribution in [0.25, 0.3) is 11.1 Å². The number of hydrogen-bond acceptors (Lipinski definition) is 4. The van der Waals surface area contributed by atoms with Crippen molar-refractivity contribution < 1.29 is 13.2 Å². The average Bonchev–Trinajstić information content (AvgIpc) is 2.68. The van der Waals surface area contributed by atoms with Gasteiger partial charge in [-0.2, -0.15) is 18.4 Å². The number of hydrogen-bond donors (Lipinski definition) is 1. The molecule has 0 fully saturated rings. The van der Waals surface area contributed by atoms with Crippen molar-refractivity contribution in [1.29, 1.82) is 0 Å². The molecule has 5 nitrogen and oxygen atoms in total. The molecule has 0 atom stereocenters. The minimum absolute atomic E-state index is 0.0833. The molecule has 0 bridgehead atoms. The van der Waals surface area contributed by atoms with Crippen LogP contribution in [-0.4, -0.2) is 19.9 Å². The Bertz CT molecular complexity index is 1180. The van der Waals surface area contributed by atoms with Crippen molar-refractivity contribution in [3.05, 3.63) is 89.5 Å². The number of carbonyl (C=O) groups is 1. The molecule has 1 aliphatic carbocycles. The first-order valence-corrected chi connectivity index (χ1v) is 9.85. The number of nitrogens with one attached hydrogen (secondary N) is 1. The zero-order valence-corrected chi connectivity index (χ0v) is 15.3. The number of sulfonamides is 1. The Morgan fingerprint density at radius 3 is 1.89 bits per heavy atom. The van der Waals surface area contributed by atoms with Crippen molar-refractivity contribution >= 4 is 21.5 Å². The number of Topliss-reactive ketones (excluding diaryl/α,β-unsaturated/α-hetero) is 1. The fourth-order valence-electron chi connectivity index (χ4n) is 3.08. The number of ketones is 1. The molecule has 3 aromatic rings. The maximum absolute atomic E-state index is 12.9. The highest BCUT2D eigenvalue weighted by Gasteiger charge is 2.28. The van der Waals surface area contributed by atoms with Gasteiger partial charge in [0.2, 0.25) is 5.78 Å². The first-order valence-electron chi connectivity index (χ1n) is 8.37. The molecular formula is C21H16N2O3S. The molecule has 0 heterocycles. The quantitative estimate of drug-likeness (QED) is 0.711. The van der Waals surface area contributed by atoms with Gasteiger partial charge in [-0.1, -0.05) is 66.2 Å². The number of aryl methyl sites for hydroxylation is 1. The molecule has 6 heteroatoms. The highest BCUT2D eigenvalue weighted by Crippen LogP contribution is 2.33. The van der Waals surface area contributed by atoms with Gasteiger partial charge >= 0.3 is 0 Å². The summed E-state index contributed by atoms with van der Waals surface area (Å²) in [5.74, 6) is -0.309. The van der Waals surface area contributed by atoms with Gasteiger partial charge in [-0.05, 0) is 30.2 Å². The molecule has 4 rings (SSSR count). The first-order chi connectivity index (χ1) is 13.0. The van der Waals surface area contributed by atoms with E-state index in [-0.39, 0.29) is 16.4 Å². The fourth-order valence-corrected chi connectivity index (χ4v) is 3.89. The third-order valence-corrected chi connectivity index (χ3v) is 5.69. The molecule has 0 aliphatic heterocycles.